The molecular weight excluding hydrogens is 288 g/mol. The van der Waals surface area contributed by atoms with Crippen LogP contribution in [0.1, 0.15) is 32.1 Å². The second-order valence-electron chi connectivity index (χ2n) is 6.81. The van der Waals surface area contributed by atoms with Gasteiger partial charge in [0.25, 0.3) is 0 Å². The summed E-state index contributed by atoms with van der Waals surface area (Å²) in [5.41, 5.74) is 0. The molecule has 1 heterocycles. The van der Waals surface area contributed by atoms with Crippen molar-refractivity contribution in [3.05, 3.63) is 30.3 Å². The number of thioether (sulfide) groups is 1. The van der Waals surface area contributed by atoms with Crippen molar-refractivity contribution in [1.82, 2.24) is 9.80 Å². The summed E-state index contributed by atoms with van der Waals surface area (Å²) in [5, 5.41) is 0. The molecule has 3 heteroatoms. The van der Waals surface area contributed by atoms with Crippen LogP contribution < -0.4 is 0 Å². The van der Waals surface area contributed by atoms with Crippen molar-refractivity contribution in [1.29, 1.82) is 0 Å². The van der Waals surface area contributed by atoms with Gasteiger partial charge < -0.3 is 4.90 Å². The molecule has 2 nitrogen and oxygen atoms in total. The molecule has 1 saturated carbocycles. The molecule has 3 rings (SSSR count). The molecule has 122 valence electrons. The number of benzene rings is 1. The van der Waals surface area contributed by atoms with E-state index in [-0.39, 0.29) is 0 Å². The van der Waals surface area contributed by atoms with E-state index in [1.165, 1.54) is 82.0 Å². The highest BCUT2D eigenvalue weighted by molar-refractivity contribution is 7.99. The van der Waals surface area contributed by atoms with Gasteiger partial charge in [-0.3, -0.25) is 4.90 Å². The Bertz CT molecular complexity index is 409. The molecule has 1 aliphatic heterocycles. The summed E-state index contributed by atoms with van der Waals surface area (Å²) in [5.74, 6) is 2.21. The van der Waals surface area contributed by atoms with Gasteiger partial charge in [-0.1, -0.05) is 37.5 Å². The van der Waals surface area contributed by atoms with Crippen molar-refractivity contribution < 1.29 is 0 Å². The van der Waals surface area contributed by atoms with Crippen molar-refractivity contribution in [3.8, 4) is 0 Å². The molecule has 2 fully saturated rings. The van der Waals surface area contributed by atoms with Gasteiger partial charge in [-0.2, -0.15) is 0 Å². The molecule has 2 aliphatic rings. The third kappa shape index (κ3) is 5.29. The summed E-state index contributed by atoms with van der Waals surface area (Å²) in [4.78, 5) is 6.77. The Morgan fingerprint density at radius 2 is 1.55 bits per heavy atom. The van der Waals surface area contributed by atoms with Crippen LogP contribution >= 0.6 is 11.8 Å². The molecule has 0 radical (unpaired) electrons. The van der Waals surface area contributed by atoms with Crippen LogP contribution in [0.15, 0.2) is 35.2 Å². The maximum Gasteiger partial charge on any atom is 0.0110 e. The Morgan fingerprint density at radius 1 is 0.864 bits per heavy atom. The minimum Gasteiger partial charge on any atom is -0.301 e. The van der Waals surface area contributed by atoms with Crippen LogP contribution in [0.3, 0.4) is 0 Å². The second kappa shape index (κ2) is 8.95. The van der Waals surface area contributed by atoms with E-state index in [0.29, 0.717) is 0 Å². The minimum atomic E-state index is 0.994. The number of hydrogen-bond donors (Lipinski definition) is 0. The Kier molecular flexibility index (Phi) is 6.65. The van der Waals surface area contributed by atoms with Gasteiger partial charge in [0, 0.05) is 49.9 Å². The topological polar surface area (TPSA) is 6.48 Å². The molecule has 1 aliphatic carbocycles. The van der Waals surface area contributed by atoms with Gasteiger partial charge in [0.15, 0.2) is 0 Å². The summed E-state index contributed by atoms with van der Waals surface area (Å²) >= 11 is 1.99. The van der Waals surface area contributed by atoms with Crippen LogP contribution in [0.4, 0.5) is 0 Å². The Hall–Kier alpha value is -0.510. The smallest absolute Gasteiger partial charge is 0.0110 e. The van der Waals surface area contributed by atoms with Gasteiger partial charge in [0.05, 0.1) is 0 Å². The molecule has 0 aromatic heterocycles. The summed E-state index contributed by atoms with van der Waals surface area (Å²) in [6.45, 7) is 7.70. The lowest BCUT2D eigenvalue weighted by molar-refractivity contribution is 0.114. The fourth-order valence-electron chi connectivity index (χ4n) is 3.74. The van der Waals surface area contributed by atoms with Crippen LogP contribution in [-0.2, 0) is 0 Å². The highest BCUT2D eigenvalue weighted by Gasteiger charge is 2.21. The maximum absolute atomic E-state index is 2.72. The lowest BCUT2D eigenvalue weighted by Crippen LogP contribution is -2.48. The van der Waals surface area contributed by atoms with Crippen LogP contribution in [0.5, 0.6) is 0 Å². The molecule has 0 amide bonds. The van der Waals surface area contributed by atoms with E-state index in [2.05, 4.69) is 40.1 Å². The first-order valence-corrected chi connectivity index (χ1v) is 10.0. The van der Waals surface area contributed by atoms with Gasteiger partial charge in [-0.05, 0) is 30.9 Å². The Labute approximate surface area is 140 Å². The van der Waals surface area contributed by atoms with E-state index in [0.717, 1.165) is 5.92 Å². The normalized spacial score (nSPS) is 22.0. The van der Waals surface area contributed by atoms with Crippen molar-refractivity contribution in [3.63, 3.8) is 0 Å². The first kappa shape index (κ1) is 16.4. The zero-order valence-corrected chi connectivity index (χ0v) is 14.6. The fraction of sp³-hybridized carbons (Fsp3) is 0.684. The molecule has 1 saturated heterocycles. The molecule has 0 unspecified atom stereocenters. The van der Waals surface area contributed by atoms with E-state index in [1.54, 1.807) is 0 Å². The Balaban J connectivity index is 1.30. The van der Waals surface area contributed by atoms with Crippen molar-refractivity contribution in [2.45, 2.75) is 37.0 Å². The molecule has 1 aromatic rings. The molecule has 22 heavy (non-hydrogen) atoms. The van der Waals surface area contributed by atoms with E-state index in [9.17, 15) is 0 Å². The molecular formula is C19H30N2S. The lowest BCUT2D eigenvalue weighted by Gasteiger charge is -2.37. The highest BCUT2D eigenvalue weighted by atomic mass is 32.2. The van der Waals surface area contributed by atoms with Crippen molar-refractivity contribution in [2.75, 3.05) is 45.0 Å². The summed E-state index contributed by atoms with van der Waals surface area (Å²) in [6.07, 6.45) is 7.38. The second-order valence-corrected chi connectivity index (χ2v) is 7.98. The Morgan fingerprint density at radius 3 is 2.27 bits per heavy atom. The fourth-order valence-corrected chi connectivity index (χ4v) is 4.67. The van der Waals surface area contributed by atoms with Crippen LogP contribution in [0, 0.1) is 5.92 Å². The van der Waals surface area contributed by atoms with Crippen LogP contribution in [-0.4, -0.2) is 54.8 Å². The van der Waals surface area contributed by atoms with Gasteiger partial charge in [-0.25, -0.2) is 0 Å². The van der Waals surface area contributed by atoms with Crippen molar-refractivity contribution >= 4 is 11.8 Å². The van der Waals surface area contributed by atoms with E-state index in [1.807, 2.05) is 11.8 Å². The predicted molar refractivity (Wildman–Crippen MR) is 96.6 cm³/mol. The third-order valence-corrected chi connectivity index (χ3v) is 6.12. The standard InChI is InChI=1S/C19H30N2S/c1-3-7-18(8-4-1)17-21-13-11-20(12-14-21)15-16-22-19-9-5-2-6-10-19/h2,5-6,9-10,18H,1,3-4,7-8,11-17H2. The summed E-state index contributed by atoms with van der Waals surface area (Å²) < 4.78 is 0. The summed E-state index contributed by atoms with van der Waals surface area (Å²) in [7, 11) is 0. The van der Waals surface area contributed by atoms with Gasteiger partial charge in [-0.15, -0.1) is 11.8 Å². The van der Waals surface area contributed by atoms with Crippen LogP contribution in [0.25, 0.3) is 0 Å². The van der Waals surface area contributed by atoms with Gasteiger partial charge in [0.1, 0.15) is 0 Å². The minimum absolute atomic E-state index is 0.994. The molecule has 0 spiro atoms. The average Bonchev–Trinajstić information content (AvgIpc) is 2.58. The molecule has 0 atom stereocenters. The van der Waals surface area contributed by atoms with E-state index < -0.39 is 0 Å². The largest absolute Gasteiger partial charge is 0.301 e. The highest BCUT2D eigenvalue weighted by Crippen LogP contribution is 2.24. The zero-order valence-electron chi connectivity index (χ0n) is 13.8. The van der Waals surface area contributed by atoms with Crippen LogP contribution in [0.2, 0.25) is 0 Å². The van der Waals surface area contributed by atoms with Gasteiger partial charge in [0.2, 0.25) is 0 Å². The summed E-state index contributed by atoms with van der Waals surface area (Å²) in [6, 6.07) is 10.8. The lowest BCUT2D eigenvalue weighted by atomic mass is 9.89. The van der Waals surface area contributed by atoms with Crippen molar-refractivity contribution in [2.24, 2.45) is 5.92 Å². The predicted octanol–water partition coefficient (Wildman–Crippen LogP) is 3.98. The average molecular weight is 319 g/mol. The number of piperazine rings is 1. The van der Waals surface area contributed by atoms with E-state index >= 15 is 0 Å². The number of rotatable bonds is 6. The number of nitrogens with zero attached hydrogens (tertiary/aromatic N) is 2. The first-order valence-electron chi connectivity index (χ1n) is 9.03. The SMILES string of the molecule is c1ccc(SCCN2CCN(CC3CCCCC3)CC2)cc1. The van der Waals surface area contributed by atoms with E-state index in [4.69, 9.17) is 0 Å². The quantitative estimate of drug-likeness (QED) is 0.733. The monoisotopic (exact) mass is 318 g/mol. The first-order chi connectivity index (χ1) is 10.9. The van der Waals surface area contributed by atoms with Gasteiger partial charge >= 0.3 is 0 Å². The zero-order chi connectivity index (χ0) is 15.0. The molecule has 0 N–H and O–H groups in total. The number of hydrogen-bond acceptors (Lipinski definition) is 3. The maximum atomic E-state index is 2.72. The third-order valence-electron chi connectivity index (χ3n) is 5.13. The molecule has 1 aromatic carbocycles. The molecule has 0 bridgehead atoms.